The van der Waals surface area contributed by atoms with E-state index in [-0.39, 0.29) is 0 Å². The smallest absolute Gasteiger partial charge is 0.0762 e. The van der Waals surface area contributed by atoms with Gasteiger partial charge in [-0.2, -0.15) is 0 Å². The molecule has 1 heterocycles. The van der Waals surface area contributed by atoms with E-state index in [4.69, 9.17) is 0 Å². The lowest BCUT2D eigenvalue weighted by Gasteiger charge is -2.08. The standard InChI is InChI=1S/C20H25NO2/c1-4-5-10-21-19-8-6-15(13(2)22)11-17(19)18-12-16(14(3)23)7-9-20(18)21/h6-9,11-14,22-23H,4-5,10H2,1-3H3. The van der Waals surface area contributed by atoms with Gasteiger partial charge >= 0.3 is 0 Å². The van der Waals surface area contributed by atoms with Gasteiger partial charge < -0.3 is 14.8 Å². The maximum Gasteiger partial charge on any atom is 0.0762 e. The fourth-order valence-electron chi connectivity index (χ4n) is 3.22. The van der Waals surface area contributed by atoms with Crippen LogP contribution in [-0.2, 0) is 6.54 Å². The van der Waals surface area contributed by atoms with Gasteiger partial charge in [0.15, 0.2) is 0 Å². The second-order valence-electron chi connectivity index (χ2n) is 6.41. The van der Waals surface area contributed by atoms with Crippen LogP contribution < -0.4 is 0 Å². The topological polar surface area (TPSA) is 45.4 Å². The van der Waals surface area contributed by atoms with E-state index in [2.05, 4.69) is 35.8 Å². The largest absolute Gasteiger partial charge is 0.389 e. The quantitative estimate of drug-likeness (QED) is 0.717. The van der Waals surface area contributed by atoms with Gasteiger partial charge in [0, 0.05) is 28.4 Å². The molecule has 0 saturated heterocycles. The van der Waals surface area contributed by atoms with Crippen LogP contribution in [0.15, 0.2) is 36.4 Å². The molecule has 23 heavy (non-hydrogen) atoms. The van der Waals surface area contributed by atoms with E-state index < -0.39 is 12.2 Å². The third kappa shape index (κ3) is 2.87. The highest BCUT2D eigenvalue weighted by molar-refractivity contribution is 6.08. The van der Waals surface area contributed by atoms with Gasteiger partial charge in [0.05, 0.1) is 12.2 Å². The molecule has 3 aromatic rings. The van der Waals surface area contributed by atoms with E-state index in [9.17, 15) is 10.2 Å². The highest BCUT2D eigenvalue weighted by Gasteiger charge is 2.14. The van der Waals surface area contributed by atoms with Crippen molar-refractivity contribution in [3.8, 4) is 0 Å². The van der Waals surface area contributed by atoms with Crippen LogP contribution in [0.25, 0.3) is 21.8 Å². The van der Waals surface area contributed by atoms with Crippen molar-refractivity contribution in [1.29, 1.82) is 0 Å². The van der Waals surface area contributed by atoms with E-state index in [1.165, 1.54) is 11.0 Å². The first-order valence-electron chi connectivity index (χ1n) is 8.45. The van der Waals surface area contributed by atoms with Gasteiger partial charge in [-0.1, -0.05) is 25.5 Å². The van der Waals surface area contributed by atoms with Crippen LogP contribution in [0, 0.1) is 0 Å². The summed E-state index contributed by atoms with van der Waals surface area (Å²) in [6, 6.07) is 12.4. The maximum absolute atomic E-state index is 9.90. The molecule has 0 saturated carbocycles. The number of aromatic nitrogens is 1. The highest BCUT2D eigenvalue weighted by Crippen LogP contribution is 2.33. The van der Waals surface area contributed by atoms with Gasteiger partial charge in [0.25, 0.3) is 0 Å². The lowest BCUT2D eigenvalue weighted by molar-refractivity contribution is 0.199. The third-order valence-corrected chi connectivity index (χ3v) is 4.61. The molecule has 2 unspecified atom stereocenters. The van der Waals surface area contributed by atoms with Crippen molar-refractivity contribution in [2.24, 2.45) is 0 Å². The molecule has 0 amide bonds. The van der Waals surface area contributed by atoms with Crippen molar-refractivity contribution in [3.05, 3.63) is 47.5 Å². The molecule has 0 spiro atoms. The van der Waals surface area contributed by atoms with Crippen LogP contribution in [0.5, 0.6) is 0 Å². The molecule has 3 nitrogen and oxygen atoms in total. The second kappa shape index (κ2) is 6.34. The molecule has 0 aliphatic carbocycles. The van der Waals surface area contributed by atoms with Gasteiger partial charge in [-0.25, -0.2) is 0 Å². The minimum Gasteiger partial charge on any atom is -0.389 e. The molecule has 3 heteroatoms. The van der Waals surface area contributed by atoms with Crippen molar-refractivity contribution in [2.75, 3.05) is 0 Å². The van der Waals surface area contributed by atoms with Crippen molar-refractivity contribution in [3.63, 3.8) is 0 Å². The summed E-state index contributed by atoms with van der Waals surface area (Å²) in [7, 11) is 0. The molecule has 1 aromatic heterocycles. The number of hydrogen-bond donors (Lipinski definition) is 2. The summed E-state index contributed by atoms with van der Waals surface area (Å²) >= 11 is 0. The maximum atomic E-state index is 9.90. The number of unbranched alkanes of at least 4 members (excludes halogenated alkanes) is 1. The Kier molecular flexibility index (Phi) is 4.42. The lowest BCUT2D eigenvalue weighted by atomic mass is 10.0. The van der Waals surface area contributed by atoms with Crippen LogP contribution >= 0.6 is 0 Å². The Bertz CT molecular complexity index is 765. The monoisotopic (exact) mass is 311 g/mol. The average molecular weight is 311 g/mol. The molecule has 122 valence electrons. The van der Waals surface area contributed by atoms with Crippen LogP contribution in [0.3, 0.4) is 0 Å². The summed E-state index contributed by atoms with van der Waals surface area (Å²) in [5, 5.41) is 22.1. The average Bonchev–Trinajstić information content (AvgIpc) is 2.85. The predicted octanol–water partition coefficient (Wildman–Crippen LogP) is 4.70. The minimum atomic E-state index is -0.478. The fourth-order valence-corrected chi connectivity index (χ4v) is 3.22. The van der Waals surface area contributed by atoms with Crippen molar-refractivity contribution < 1.29 is 10.2 Å². The molecular weight excluding hydrogens is 286 g/mol. The van der Waals surface area contributed by atoms with Gasteiger partial charge in [-0.15, -0.1) is 0 Å². The minimum absolute atomic E-state index is 0.478. The SMILES string of the molecule is CCCCn1c2ccc(C(C)O)cc2c2cc(C(C)O)ccc21. The zero-order valence-electron chi connectivity index (χ0n) is 14.1. The molecule has 0 aliphatic rings. The summed E-state index contributed by atoms with van der Waals surface area (Å²) in [5.74, 6) is 0. The zero-order chi connectivity index (χ0) is 16.6. The van der Waals surface area contributed by atoms with E-state index in [1.54, 1.807) is 13.8 Å². The number of fused-ring (bicyclic) bond motifs is 3. The van der Waals surface area contributed by atoms with E-state index >= 15 is 0 Å². The Morgan fingerprint density at radius 2 is 1.35 bits per heavy atom. The van der Waals surface area contributed by atoms with Crippen molar-refractivity contribution in [2.45, 2.75) is 52.4 Å². The predicted molar refractivity (Wildman–Crippen MR) is 95.6 cm³/mol. The first kappa shape index (κ1) is 16.0. The lowest BCUT2D eigenvalue weighted by Crippen LogP contribution is -1.98. The number of rotatable bonds is 5. The summed E-state index contributed by atoms with van der Waals surface area (Å²) < 4.78 is 2.35. The summed E-state index contributed by atoms with van der Waals surface area (Å²) in [6.45, 7) is 6.76. The number of aliphatic hydroxyl groups excluding tert-OH is 2. The van der Waals surface area contributed by atoms with Gasteiger partial charge in [-0.05, 0) is 55.7 Å². The van der Waals surface area contributed by atoms with Crippen LogP contribution in [0.4, 0.5) is 0 Å². The molecule has 2 aromatic carbocycles. The molecule has 0 bridgehead atoms. The Labute approximate surface area is 137 Å². The number of nitrogens with zero attached hydrogens (tertiary/aromatic N) is 1. The van der Waals surface area contributed by atoms with Crippen molar-refractivity contribution in [1.82, 2.24) is 4.57 Å². The fraction of sp³-hybridized carbons (Fsp3) is 0.400. The normalized spacial score (nSPS) is 14.5. The molecular formula is C20H25NO2. The first-order chi connectivity index (χ1) is 11.0. The van der Waals surface area contributed by atoms with E-state index in [0.717, 1.165) is 41.3 Å². The molecule has 0 radical (unpaired) electrons. The second-order valence-corrected chi connectivity index (χ2v) is 6.41. The molecule has 3 rings (SSSR count). The van der Waals surface area contributed by atoms with Crippen LogP contribution in [0.2, 0.25) is 0 Å². The number of hydrogen-bond acceptors (Lipinski definition) is 2. The molecule has 2 N–H and O–H groups in total. The van der Waals surface area contributed by atoms with Gasteiger partial charge in [-0.3, -0.25) is 0 Å². The number of aliphatic hydroxyl groups is 2. The van der Waals surface area contributed by atoms with Gasteiger partial charge in [0.2, 0.25) is 0 Å². The number of benzene rings is 2. The Hall–Kier alpha value is -1.84. The third-order valence-electron chi connectivity index (χ3n) is 4.61. The van der Waals surface area contributed by atoms with Crippen LogP contribution in [0.1, 0.15) is 56.9 Å². The van der Waals surface area contributed by atoms with E-state index in [1.807, 2.05) is 12.1 Å². The van der Waals surface area contributed by atoms with Crippen LogP contribution in [-0.4, -0.2) is 14.8 Å². The summed E-state index contributed by atoms with van der Waals surface area (Å²) in [6.07, 6.45) is 1.33. The Balaban J connectivity index is 2.30. The van der Waals surface area contributed by atoms with Gasteiger partial charge in [0.1, 0.15) is 0 Å². The summed E-state index contributed by atoms with van der Waals surface area (Å²) in [4.78, 5) is 0. The number of aryl methyl sites for hydroxylation is 1. The van der Waals surface area contributed by atoms with E-state index in [0.29, 0.717) is 0 Å². The van der Waals surface area contributed by atoms with Crippen molar-refractivity contribution >= 4 is 21.8 Å². The summed E-state index contributed by atoms with van der Waals surface area (Å²) in [5.41, 5.74) is 4.24. The first-order valence-corrected chi connectivity index (χ1v) is 8.45. The Morgan fingerprint density at radius 3 is 1.74 bits per heavy atom. The highest BCUT2D eigenvalue weighted by atomic mass is 16.3. The zero-order valence-corrected chi connectivity index (χ0v) is 14.1. The molecule has 0 aliphatic heterocycles. The Morgan fingerprint density at radius 1 is 0.870 bits per heavy atom. The molecule has 0 fully saturated rings. The molecule has 2 atom stereocenters.